The molecule has 2 heterocycles. The Hall–Kier alpha value is -1.93. The molecule has 0 spiro atoms. The minimum atomic E-state index is -1.26. The van der Waals surface area contributed by atoms with E-state index in [2.05, 4.69) is 52.5 Å². The molecule has 0 saturated heterocycles. The molecule has 27 heavy (non-hydrogen) atoms. The van der Waals surface area contributed by atoms with Crippen LogP contribution in [0.5, 0.6) is 0 Å². The number of H-pyrrole nitrogens is 1. The van der Waals surface area contributed by atoms with Gasteiger partial charge in [0.25, 0.3) is 11.8 Å². The molecule has 2 amide bonds. The molecule has 2 aromatic rings. The van der Waals surface area contributed by atoms with Crippen LogP contribution in [0.1, 0.15) is 32.8 Å². The topological polar surface area (TPSA) is 86.3 Å². The quantitative estimate of drug-likeness (QED) is 0.582. The zero-order valence-electron chi connectivity index (χ0n) is 15.2. The SMILES string of the molecule is CCC(C)C1(C(=O)N/C=C\c2c[nH]c3cc(Br)c(Br)cc23)N=C(C)C(=O)N1. The van der Waals surface area contributed by atoms with Gasteiger partial charge in [-0.15, -0.1) is 0 Å². The summed E-state index contributed by atoms with van der Waals surface area (Å²) in [7, 11) is 0. The fourth-order valence-electron chi connectivity index (χ4n) is 3.06. The first-order chi connectivity index (χ1) is 12.8. The third kappa shape index (κ3) is 3.60. The van der Waals surface area contributed by atoms with Crippen LogP contribution in [0.4, 0.5) is 0 Å². The first-order valence-corrected chi connectivity index (χ1v) is 10.2. The van der Waals surface area contributed by atoms with Crippen LogP contribution >= 0.6 is 31.9 Å². The highest BCUT2D eigenvalue weighted by molar-refractivity contribution is 9.13. The molecule has 142 valence electrons. The molecule has 1 aromatic carbocycles. The van der Waals surface area contributed by atoms with Gasteiger partial charge in [-0.2, -0.15) is 0 Å². The maximum absolute atomic E-state index is 12.8. The second-order valence-corrected chi connectivity index (χ2v) is 8.30. The van der Waals surface area contributed by atoms with Crippen LogP contribution in [-0.2, 0) is 9.59 Å². The van der Waals surface area contributed by atoms with E-state index in [0.717, 1.165) is 25.4 Å². The minimum absolute atomic E-state index is 0.131. The number of amides is 2. The first kappa shape index (κ1) is 19.8. The van der Waals surface area contributed by atoms with Crippen LogP contribution in [0.15, 0.2) is 38.5 Å². The number of aliphatic imine (C=N–C) groups is 1. The molecule has 0 bridgehead atoms. The van der Waals surface area contributed by atoms with Crippen molar-refractivity contribution in [3.05, 3.63) is 39.0 Å². The summed E-state index contributed by atoms with van der Waals surface area (Å²) in [4.78, 5) is 32.3. The van der Waals surface area contributed by atoms with Gasteiger partial charge in [-0.25, -0.2) is 4.99 Å². The summed E-state index contributed by atoms with van der Waals surface area (Å²) in [5, 5.41) is 6.55. The van der Waals surface area contributed by atoms with Gasteiger partial charge >= 0.3 is 0 Å². The van der Waals surface area contributed by atoms with E-state index in [0.29, 0.717) is 12.1 Å². The van der Waals surface area contributed by atoms with Gasteiger partial charge in [0.2, 0.25) is 5.66 Å². The fourth-order valence-corrected chi connectivity index (χ4v) is 3.75. The van der Waals surface area contributed by atoms with Gasteiger partial charge in [0.15, 0.2) is 0 Å². The highest BCUT2D eigenvalue weighted by atomic mass is 79.9. The molecule has 1 aliphatic heterocycles. The first-order valence-electron chi connectivity index (χ1n) is 8.61. The lowest BCUT2D eigenvalue weighted by atomic mass is 9.91. The molecule has 3 rings (SSSR count). The zero-order chi connectivity index (χ0) is 19.8. The van der Waals surface area contributed by atoms with Crippen molar-refractivity contribution in [2.45, 2.75) is 32.9 Å². The number of hydrogen-bond acceptors (Lipinski definition) is 3. The van der Waals surface area contributed by atoms with Crippen molar-refractivity contribution in [2.75, 3.05) is 0 Å². The number of fused-ring (bicyclic) bond motifs is 1. The average Bonchev–Trinajstić information content (AvgIpc) is 3.16. The third-order valence-electron chi connectivity index (χ3n) is 4.88. The van der Waals surface area contributed by atoms with Crippen molar-refractivity contribution in [1.29, 1.82) is 0 Å². The predicted octanol–water partition coefficient (Wildman–Crippen LogP) is 4.11. The maximum Gasteiger partial charge on any atom is 0.272 e. The maximum atomic E-state index is 12.8. The van der Waals surface area contributed by atoms with E-state index in [1.54, 1.807) is 13.1 Å². The van der Waals surface area contributed by atoms with E-state index in [1.165, 1.54) is 0 Å². The largest absolute Gasteiger partial charge is 0.361 e. The van der Waals surface area contributed by atoms with Gasteiger partial charge < -0.3 is 15.6 Å². The van der Waals surface area contributed by atoms with Crippen LogP contribution in [0, 0.1) is 5.92 Å². The molecule has 6 nitrogen and oxygen atoms in total. The van der Waals surface area contributed by atoms with Gasteiger partial charge in [0.05, 0.1) is 5.71 Å². The number of nitrogens with one attached hydrogen (secondary N) is 3. The number of halogens is 2. The van der Waals surface area contributed by atoms with Gasteiger partial charge in [-0.1, -0.05) is 13.8 Å². The van der Waals surface area contributed by atoms with Crippen LogP contribution in [0.25, 0.3) is 17.0 Å². The summed E-state index contributed by atoms with van der Waals surface area (Å²) < 4.78 is 1.91. The lowest BCUT2D eigenvalue weighted by Crippen LogP contribution is -2.57. The summed E-state index contributed by atoms with van der Waals surface area (Å²) in [6, 6.07) is 3.99. The Balaban J connectivity index is 1.82. The van der Waals surface area contributed by atoms with Crippen molar-refractivity contribution in [1.82, 2.24) is 15.6 Å². The Morgan fingerprint density at radius 3 is 2.70 bits per heavy atom. The van der Waals surface area contributed by atoms with Crippen LogP contribution < -0.4 is 10.6 Å². The lowest BCUT2D eigenvalue weighted by Gasteiger charge is -2.30. The molecule has 1 aromatic heterocycles. The summed E-state index contributed by atoms with van der Waals surface area (Å²) in [6.45, 7) is 5.48. The fraction of sp³-hybridized carbons (Fsp3) is 0.316. The van der Waals surface area contributed by atoms with Crippen LogP contribution in [-0.4, -0.2) is 28.2 Å². The normalized spacial score (nSPS) is 20.8. The third-order valence-corrected chi connectivity index (χ3v) is 6.72. The molecule has 3 N–H and O–H groups in total. The minimum Gasteiger partial charge on any atom is -0.361 e. The van der Waals surface area contributed by atoms with Crippen molar-refractivity contribution >= 4 is 66.4 Å². The predicted molar refractivity (Wildman–Crippen MR) is 114 cm³/mol. The summed E-state index contributed by atoms with van der Waals surface area (Å²) in [5.41, 5.74) is 0.983. The molecule has 2 unspecified atom stereocenters. The number of hydrogen-bond donors (Lipinski definition) is 3. The summed E-state index contributed by atoms with van der Waals surface area (Å²) in [5.74, 6) is -0.780. The number of nitrogens with zero attached hydrogens (tertiary/aromatic N) is 1. The number of aromatic amines is 1. The van der Waals surface area contributed by atoms with E-state index in [-0.39, 0.29) is 17.7 Å². The van der Waals surface area contributed by atoms with Crippen LogP contribution in [0.3, 0.4) is 0 Å². The molecule has 1 aliphatic rings. The molecule has 0 radical (unpaired) electrons. The van der Waals surface area contributed by atoms with E-state index >= 15 is 0 Å². The number of carbonyl (C=O) groups is 2. The number of benzene rings is 1. The zero-order valence-corrected chi connectivity index (χ0v) is 18.4. The van der Waals surface area contributed by atoms with E-state index < -0.39 is 5.66 Å². The molecule has 0 aliphatic carbocycles. The second kappa shape index (κ2) is 7.59. The Morgan fingerprint density at radius 1 is 1.37 bits per heavy atom. The van der Waals surface area contributed by atoms with Crippen molar-refractivity contribution in [3.63, 3.8) is 0 Å². The molecular weight excluding hydrogens is 476 g/mol. The Labute approximate surface area is 174 Å². The summed E-state index contributed by atoms with van der Waals surface area (Å²) in [6.07, 6.45) is 5.98. The molecule has 0 saturated carbocycles. The molecular formula is C19H20Br2N4O2. The van der Waals surface area contributed by atoms with Gasteiger partial charge in [0.1, 0.15) is 0 Å². The Morgan fingerprint density at radius 2 is 2.07 bits per heavy atom. The van der Waals surface area contributed by atoms with Crippen molar-refractivity contribution in [3.8, 4) is 0 Å². The average molecular weight is 496 g/mol. The standard InChI is InChI=1S/C19H20Br2N4O2/c1-4-10(2)19(24-11(3)17(26)25-19)18(27)22-6-5-12-9-23-16-8-15(21)14(20)7-13(12)16/h5-10,23H,4H2,1-3H3,(H,22,27)(H,25,26)/b6-5-. The van der Waals surface area contributed by atoms with Crippen molar-refractivity contribution < 1.29 is 9.59 Å². The van der Waals surface area contributed by atoms with Gasteiger partial charge in [0, 0.05) is 43.7 Å². The molecule has 8 heteroatoms. The second-order valence-electron chi connectivity index (χ2n) is 6.59. The van der Waals surface area contributed by atoms with Gasteiger partial charge in [-0.3, -0.25) is 9.59 Å². The highest BCUT2D eigenvalue weighted by Crippen LogP contribution is 2.30. The highest BCUT2D eigenvalue weighted by Gasteiger charge is 2.48. The molecule has 0 fully saturated rings. The molecule has 2 atom stereocenters. The summed E-state index contributed by atoms with van der Waals surface area (Å²) >= 11 is 6.99. The number of carbonyl (C=O) groups excluding carboxylic acids is 2. The van der Waals surface area contributed by atoms with E-state index in [9.17, 15) is 9.59 Å². The Kier molecular flexibility index (Phi) is 5.58. The van der Waals surface area contributed by atoms with E-state index in [4.69, 9.17) is 0 Å². The monoisotopic (exact) mass is 494 g/mol. The van der Waals surface area contributed by atoms with E-state index in [1.807, 2.05) is 38.3 Å². The van der Waals surface area contributed by atoms with Crippen molar-refractivity contribution in [2.24, 2.45) is 10.9 Å². The Bertz CT molecular complexity index is 979. The number of rotatable bonds is 5. The lowest BCUT2D eigenvalue weighted by molar-refractivity contribution is -0.131. The number of aromatic nitrogens is 1. The smallest absolute Gasteiger partial charge is 0.272 e. The van der Waals surface area contributed by atoms with Gasteiger partial charge in [-0.05, 0) is 63.4 Å². The van der Waals surface area contributed by atoms with Crippen LogP contribution in [0.2, 0.25) is 0 Å².